The molecule has 1 N–H and O–H groups in total. The highest BCUT2D eigenvalue weighted by molar-refractivity contribution is 5.42. The van der Waals surface area contributed by atoms with Gasteiger partial charge in [-0.05, 0) is 39.4 Å². The summed E-state index contributed by atoms with van der Waals surface area (Å²) < 4.78 is 89.0. The summed E-state index contributed by atoms with van der Waals surface area (Å²) in [7, 11) is 2.88. The van der Waals surface area contributed by atoms with Crippen molar-refractivity contribution in [1.82, 2.24) is 15.3 Å². The van der Waals surface area contributed by atoms with Crippen LogP contribution in [0.15, 0.2) is 42.5 Å². The number of nitrogens with zero attached hydrogens (tertiary/aromatic N) is 2. The van der Waals surface area contributed by atoms with Gasteiger partial charge in [-0.1, -0.05) is 43.3 Å². The van der Waals surface area contributed by atoms with Gasteiger partial charge in [0.25, 0.3) is 0 Å². The summed E-state index contributed by atoms with van der Waals surface area (Å²) >= 11 is 0. The number of methoxy groups -OCH3 is 1. The molecule has 3 aromatic rings. The molecule has 2 heterocycles. The van der Waals surface area contributed by atoms with E-state index in [9.17, 15) is 22.0 Å². The molecule has 0 radical (unpaired) electrons. The van der Waals surface area contributed by atoms with Crippen molar-refractivity contribution in [3.8, 4) is 11.6 Å². The Morgan fingerprint density at radius 3 is 2.38 bits per heavy atom. The average molecular weight is 566 g/mol. The second-order valence-electron chi connectivity index (χ2n) is 10.1. The fraction of sp³-hybridized carbons (Fsp3) is 0.448. The van der Waals surface area contributed by atoms with Crippen LogP contribution in [0, 0.1) is 24.5 Å². The number of ether oxygens (including phenoxy) is 3. The lowest BCUT2D eigenvalue weighted by atomic mass is 9.77. The average Bonchev–Trinajstić information content (AvgIpc) is 3.20. The van der Waals surface area contributed by atoms with E-state index in [0.717, 1.165) is 25.7 Å². The van der Waals surface area contributed by atoms with Gasteiger partial charge in [-0.15, -0.1) is 0 Å². The zero-order valence-corrected chi connectivity index (χ0v) is 23.1. The minimum absolute atomic E-state index is 0.0209. The van der Waals surface area contributed by atoms with Crippen LogP contribution < -0.4 is 14.8 Å². The highest BCUT2D eigenvalue weighted by atomic mass is 19.4. The molecule has 40 heavy (non-hydrogen) atoms. The van der Waals surface area contributed by atoms with Gasteiger partial charge in [0.2, 0.25) is 11.7 Å². The van der Waals surface area contributed by atoms with Crippen molar-refractivity contribution < 1.29 is 36.2 Å². The summed E-state index contributed by atoms with van der Waals surface area (Å²) in [6.07, 6.45) is -6.16. The van der Waals surface area contributed by atoms with E-state index in [4.69, 9.17) is 14.2 Å². The van der Waals surface area contributed by atoms with Crippen molar-refractivity contribution in [2.24, 2.45) is 5.92 Å². The van der Waals surface area contributed by atoms with Gasteiger partial charge < -0.3 is 19.5 Å². The molecular formula is C29H32F5N3O3. The molecule has 1 aliphatic heterocycles. The second kappa shape index (κ2) is 11.3. The highest BCUT2D eigenvalue weighted by Gasteiger charge is 2.65. The SMILES string of the molecule is CNC(C)c1c(C)nc([C@@H]2O[C@@](C)(C(F)(F)F)[C@@H](C)[C@H]2c2ccc(F)c(F)c2OC)nc1OCc1ccccc1. The summed E-state index contributed by atoms with van der Waals surface area (Å²) in [4.78, 5) is 9.14. The van der Waals surface area contributed by atoms with Gasteiger partial charge in [0.1, 0.15) is 12.7 Å². The number of alkyl halides is 3. The molecule has 1 saturated heterocycles. The molecule has 5 atom stereocenters. The molecule has 0 spiro atoms. The minimum atomic E-state index is -4.78. The highest BCUT2D eigenvalue weighted by Crippen LogP contribution is 2.59. The standard InChI is InChI=1S/C29H32F5N3O3/c1-15-21(19-12-13-20(30)23(31)24(19)38-6)25(40-28(15,4)29(32,33)34)26-36-17(3)22(16(2)35-5)27(37-26)39-14-18-10-8-7-9-11-18/h7-13,15-16,21,25,35H,14H2,1-6H3/t15-,16?,21-,25+,28+/m0/s1. The Labute approximate surface area is 229 Å². The normalized spacial score (nSPS) is 23.7. The number of hydrogen-bond donors (Lipinski definition) is 1. The monoisotopic (exact) mass is 565 g/mol. The van der Waals surface area contributed by atoms with Crippen molar-refractivity contribution in [3.05, 3.63) is 82.3 Å². The van der Waals surface area contributed by atoms with Gasteiger partial charge in [0.05, 0.1) is 12.7 Å². The summed E-state index contributed by atoms with van der Waals surface area (Å²) in [6, 6.07) is 11.2. The molecule has 1 aromatic heterocycles. The lowest BCUT2D eigenvalue weighted by Gasteiger charge is -2.32. The van der Waals surface area contributed by atoms with E-state index in [0.29, 0.717) is 11.3 Å². The Bertz CT molecular complexity index is 1350. The third kappa shape index (κ3) is 5.24. The Balaban J connectivity index is 1.88. The fourth-order valence-corrected chi connectivity index (χ4v) is 5.22. The van der Waals surface area contributed by atoms with E-state index in [1.54, 1.807) is 14.0 Å². The summed E-state index contributed by atoms with van der Waals surface area (Å²) in [5.74, 6) is -5.24. The van der Waals surface area contributed by atoms with Crippen molar-refractivity contribution >= 4 is 0 Å². The van der Waals surface area contributed by atoms with Crippen LogP contribution in [-0.2, 0) is 11.3 Å². The van der Waals surface area contributed by atoms with Crippen molar-refractivity contribution in [2.75, 3.05) is 14.2 Å². The topological polar surface area (TPSA) is 65.5 Å². The van der Waals surface area contributed by atoms with E-state index < -0.39 is 47.1 Å². The maximum atomic E-state index is 14.7. The number of hydrogen-bond acceptors (Lipinski definition) is 6. The second-order valence-corrected chi connectivity index (χ2v) is 10.1. The van der Waals surface area contributed by atoms with Gasteiger partial charge in [-0.3, -0.25) is 0 Å². The van der Waals surface area contributed by atoms with Crippen LogP contribution in [0.2, 0.25) is 0 Å². The largest absolute Gasteiger partial charge is 0.493 e. The maximum absolute atomic E-state index is 14.7. The zero-order chi connectivity index (χ0) is 29.4. The lowest BCUT2D eigenvalue weighted by Crippen LogP contribution is -2.46. The third-order valence-electron chi connectivity index (χ3n) is 7.77. The van der Waals surface area contributed by atoms with Gasteiger partial charge in [0.15, 0.2) is 23.0 Å². The Morgan fingerprint density at radius 2 is 1.77 bits per heavy atom. The number of aryl methyl sites for hydroxylation is 1. The molecule has 6 nitrogen and oxygen atoms in total. The van der Waals surface area contributed by atoms with Gasteiger partial charge in [-0.25, -0.2) is 9.37 Å². The van der Waals surface area contributed by atoms with Crippen LogP contribution in [0.5, 0.6) is 11.6 Å². The van der Waals surface area contributed by atoms with E-state index in [2.05, 4.69) is 15.3 Å². The van der Waals surface area contributed by atoms with Crippen LogP contribution in [0.3, 0.4) is 0 Å². The first-order chi connectivity index (χ1) is 18.8. The number of halogens is 5. The smallest absolute Gasteiger partial charge is 0.417 e. The van der Waals surface area contributed by atoms with E-state index in [1.807, 2.05) is 37.3 Å². The Morgan fingerprint density at radius 1 is 1.10 bits per heavy atom. The predicted molar refractivity (Wildman–Crippen MR) is 138 cm³/mol. The molecule has 1 unspecified atom stereocenters. The van der Waals surface area contributed by atoms with Crippen LogP contribution in [-0.4, -0.2) is 35.9 Å². The molecule has 216 valence electrons. The number of nitrogens with one attached hydrogen (secondary N) is 1. The van der Waals surface area contributed by atoms with Crippen LogP contribution in [0.1, 0.15) is 67.0 Å². The quantitative estimate of drug-likeness (QED) is 0.305. The molecule has 1 fully saturated rings. The van der Waals surface area contributed by atoms with Gasteiger partial charge in [-0.2, -0.15) is 22.5 Å². The molecule has 4 rings (SSSR count). The van der Waals surface area contributed by atoms with E-state index in [1.165, 1.54) is 13.0 Å². The first-order valence-electron chi connectivity index (χ1n) is 12.8. The molecule has 0 saturated carbocycles. The predicted octanol–water partition coefficient (Wildman–Crippen LogP) is 6.74. The van der Waals surface area contributed by atoms with Crippen LogP contribution in [0.25, 0.3) is 0 Å². The first kappa shape index (κ1) is 29.7. The summed E-state index contributed by atoms with van der Waals surface area (Å²) in [5, 5.41) is 3.12. The van der Waals surface area contributed by atoms with E-state index in [-0.39, 0.29) is 29.9 Å². The number of rotatable bonds is 8. The van der Waals surface area contributed by atoms with Crippen molar-refractivity contribution in [3.63, 3.8) is 0 Å². The molecule has 0 amide bonds. The van der Waals surface area contributed by atoms with Crippen LogP contribution >= 0.6 is 0 Å². The Hall–Kier alpha value is -3.31. The minimum Gasteiger partial charge on any atom is -0.493 e. The lowest BCUT2D eigenvalue weighted by molar-refractivity contribution is -0.275. The molecule has 0 aliphatic carbocycles. The molecule has 2 aromatic carbocycles. The van der Waals surface area contributed by atoms with Crippen molar-refractivity contribution in [2.45, 2.75) is 64.1 Å². The van der Waals surface area contributed by atoms with Crippen molar-refractivity contribution in [1.29, 1.82) is 0 Å². The first-order valence-corrected chi connectivity index (χ1v) is 12.8. The molecular weight excluding hydrogens is 533 g/mol. The molecule has 1 aliphatic rings. The Kier molecular flexibility index (Phi) is 8.37. The van der Waals surface area contributed by atoms with Gasteiger partial charge >= 0.3 is 6.18 Å². The van der Waals surface area contributed by atoms with Gasteiger partial charge in [0, 0.05) is 29.1 Å². The summed E-state index contributed by atoms with van der Waals surface area (Å²) in [6.45, 7) is 6.04. The zero-order valence-electron chi connectivity index (χ0n) is 23.1. The van der Waals surface area contributed by atoms with Crippen LogP contribution in [0.4, 0.5) is 22.0 Å². The molecule has 11 heteroatoms. The maximum Gasteiger partial charge on any atom is 0.417 e. The number of benzene rings is 2. The third-order valence-corrected chi connectivity index (χ3v) is 7.77. The number of aromatic nitrogens is 2. The summed E-state index contributed by atoms with van der Waals surface area (Å²) in [5.41, 5.74) is -0.649. The fourth-order valence-electron chi connectivity index (χ4n) is 5.22. The molecule has 0 bridgehead atoms. The van der Waals surface area contributed by atoms with E-state index >= 15 is 0 Å².